The molecule has 2 aliphatic rings. The van der Waals surface area contributed by atoms with Gasteiger partial charge >= 0.3 is 6.18 Å². The highest BCUT2D eigenvalue weighted by Gasteiger charge is 2.59. The number of nitrogens with zero attached hydrogens (tertiary/aromatic N) is 3. The zero-order chi connectivity index (χ0) is 29.8. The molecule has 4 aromatic rings. The number of carbonyl (C=O) groups excluding carboxylic acids is 2. The maximum atomic E-state index is 15.3. The van der Waals surface area contributed by atoms with Gasteiger partial charge in [-0.2, -0.15) is 13.2 Å². The molecule has 0 radical (unpaired) electrons. The van der Waals surface area contributed by atoms with Crippen molar-refractivity contribution in [2.45, 2.75) is 37.5 Å². The molecule has 12 heteroatoms. The van der Waals surface area contributed by atoms with Gasteiger partial charge in [-0.3, -0.25) is 14.5 Å². The predicted molar refractivity (Wildman–Crippen MR) is 153 cm³/mol. The maximum absolute atomic E-state index is 15.3. The van der Waals surface area contributed by atoms with E-state index in [-0.39, 0.29) is 34.5 Å². The van der Waals surface area contributed by atoms with Gasteiger partial charge in [-0.25, -0.2) is 9.24 Å². The van der Waals surface area contributed by atoms with Gasteiger partial charge in [0, 0.05) is 46.1 Å². The average Bonchev–Trinajstić information content (AvgIpc) is 3.50. The summed E-state index contributed by atoms with van der Waals surface area (Å²) < 4.78 is 56.3. The Morgan fingerprint density at radius 1 is 1.07 bits per heavy atom. The number of hydrogen-bond acceptors (Lipinski definition) is 3. The Hall–Kier alpha value is -4.76. The summed E-state index contributed by atoms with van der Waals surface area (Å²) in [5.41, 5.74) is -1.24. The third kappa shape index (κ3) is 4.37. The number of fused-ring (bicyclic) bond motifs is 1. The number of H-pyrrole nitrogens is 1. The van der Waals surface area contributed by atoms with Gasteiger partial charge in [0.1, 0.15) is 11.4 Å². The van der Waals surface area contributed by atoms with Crippen LogP contribution in [0.15, 0.2) is 66.9 Å². The van der Waals surface area contributed by atoms with E-state index in [0.717, 1.165) is 27.9 Å². The lowest BCUT2D eigenvalue weighted by Crippen LogP contribution is -2.55. The number of alkyl halides is 3. The smallest absolute Gasteiger partial charge is 0.361 e. The molecule has 1 saturated heterocycles. The van der Waals surface area contributed by atoms with Crippen molar-refractivity contribution < 1.29 is 27.2 Å². The van der Waals surface area contributed by atoms with Crippen LogP contribution in [0.1, 0.15) is 40.7 Å². The lowest BCUT2D eigenvalue weighted by atomic mass is 9.75. The number of benzene rings is 3. The second-order valence-corrected chi connectivity index (χ2v) is 10.6. The first kappa shape index (κ1) is 27.4. The first-order valence-electron chi connectivity index (χ1n) is 12.9. The topological polar surface area (TPSA) is 72.8 Å². The second kappa shape index (κ2) is 9.95. The number of amides is 2. The molecular formula is C30H21F4N5O2S. The van der Waals surface area contributed by atoms with Crippen molar-refractivity contribution in [1.29, 1.82) is 0 Å². The summed E-state index contributed by atoms with van der Waals surface area (Å²) in [6.07, 6.45) is -1.58. The van der Waals surface area contributed by atoms with Gasteiger partial charge in [0.15, 0.2) is 10.8 Å². The normalized spacial score (nSPS) is 16.2. The van der Waals surface area contributed by atoms with Crippen LogP contribution < -0.4 is 15.1 Å². The first-order chi connectivity index (χ1) is 20.0. The standard InChI is InChI=1S/C30H21F4N5O2S/c1-35-25-8-6-20(14-22(25)30(32,33)34)38-27(41)29(10-2-11-29)39(28(38)42)21-5-3-19(23(31)15-21)16-37-26(40)18-4-7-24-17(13-18)9-12-36-24/h3-9,12-15,36H,2,10-11,16H2,(H,37,40). The number of aromatic amines is 1. The van der Waals surface area contributed by atoms with Crippen LogP contribution in [0.5, 0.6) is 0 Å². The summed E-state index contributed by atoms with van der Waals surface area (Å²) >= 11 is 5.60. The van der Waals surface area contributed by atoms with E-state index in [2.05, 4.69) is 15.1 Å². The minimum absolute atomic E-state index is 0.0796. The highest BCUT2D eigenvalue weighted by atomic mass is 32.1. The predicted octanol–water partition coefficient (Wildman–Crippen LogP) is 6.87. The van der Waals surface area contributed by atoms with Crippen molar-refractivity contribution in [1.82, 2.24) is 10.3 Å². The highest BCUT2D eigenvalue weighted by molar-refractivity contribution is 7.81. The Morgan fingerprint density at radius 2 is 1.83 bits per heavy atom. The number of nitrogens with one attached hydrogen (secondary N) is 2. The van der Waals surface area contributed by atoms with Crippen LogP contribution in [-0.4, -0.2) is 27.4 Å². The molecule has 2 N–H and O–H groups in total. The maximum Gasteiger partial charge on any atom is 0.407 e. The van der Waals surface area contributed by atoms with Crippen molar-refractivity contribution in [2.24, 2.45) is 0 Å². The molecule has 1 aliphatic carbocycles. The van der Waals surface area contributed by atoms with Crippen LogP contribution in [0.2, 0.25) is 0 Å². The molecule has 3 aromatic carbocycles. The first-order valence-corrected chi connectivity index (χ1v) is 13.4. The fourth-order valence-electron chi connectivity index (χ4n) is 5.49. The van der Waals surface area contributed by atoms with Crippen LogP contribution >= 0.6 is 12.2 Å². The van der Waals surface area contributed by atoms with Crippen molar-refractivity contribution >= 4 is 57.1 Å². The molecular weight excluding hydrogens is 570 g/mol. The van der Waals surface area contributed by atoms with E-state index in [4.69, 9.17) is 18.8 Å². The summed E-state index contributed by atoms with van der Waals surface area (Å²) in [7, 11) is 0. The summed E-state index contributed by atoms with van der Waals surface area (Å²) in [4.78, 5) is 34.9. The summed E-state index contributed by atoms with van der Waals surface area (Å²) in [5.74, 6) is -1.52. The van der Waals surface area contributed by atoms with E-state index in [0.29, 0.717) is 24.8 Å². The van der Waals surface area contributed by atoms with Crippen molar-refractivity contribution in [2.75, 3.05) is 9.80 Å². The average molecular weight is 592 g/mol. The quantitative estimate of drug-likeness (QED) is 0.151. The third-order valence-corrected chi connectivity index (χ3v) is 8.17. The molecule has 1 aromatic heterocycles. The van der Waals surface area contributed by atoms with Crippen LogP contribution in [0.4, 0.5) is 34.6 Å². The number of anilines is 2. The molecule has 2 heterocycles. The Kier molecular flexibility index (Phi) is 6.50. The number of hydrogen-bond donors (Lipinski definition) is 2. The van der Waals surface area contributed by atoms with Gasteiger partial charge in [0.05, 0.1) is 12.1 Å². The molecule has 0 atom stereocenters. The van der Waals surface area contributed by atoms with Crippen molar-refractivity contribution in [3.8, 4) is 0 Å². The fourth-order valence-corrected chi connectivity index (χ4v) is 5.96. The number of aromatic nitrogens is 1. The van der Waals surface area contributed by atoms with Crippen LogP contribution in [0.25, 0.3) is 15.7 Å². The summed E-state index contributed by atoms with van der Waals surface area (Å²) in [6.45, 7) is 6.99. The number of thiocarbonyl (C=S) groups is 1. The molecule has 42 heavy (non-hydrogen) atoms. The Balaban J connectivity index is 1.26. The van der Waals surface area contributed by atoms with E-state index >= 15 is 4.39 Å². The van der Waals surface area contributed by atoms with Gasteiger partial charge in [-0.1, -0.05) is 12.1 Å². The van der Waals surface area contributed by atoms with E-state index in [9.17, 15) is 22.8 Å². The summed E-state index contributed by atoms with van der Waals surface area (Å²) in [6, 6.07) is 14.3. The summed E-state index contributed by atoms with van der Waals surface area (Å²) in [5, 5.41) is 3.49. The number of rotatable bonds is 5. The van der Waals surface area contributed by atoms with Crippen molar-refractivity contribution in [3.63, 3.8) is 0 Å². The number of halogens is 4. The molecule has 7 nitrogen and oxygen atoms in total. The monoisotopic (exact) mass is 591 g/mol. The molecule has 2 fully saturated rings. The molecule has 212 valence electrons. The molecule has 1 saturated carbocycles. The van der Waals surface area contributed by atoms with E-state index in [1.165, 1.54) is 23.1 Å². The Labute approximate surface area is 242 Å². The molecule has 1 aliphatic heterocycles. The molecule has 6 rings (SSSR count). The van der Waals surface area contributed by atoms with E-state index in [1.807, 2.05) is 6.07 Å². The second-order valence-electron chi connectivity index (χ2n) is 10.2. The SMILES string of the molecule is [C-]#[N+]c1ccc(N2C(=O)C3(CCC3)N(c3ccc(CNC(=O)c4ccc5[nH]ccc5c4)c(F)c3)C2=S)cc1C(F)(F)F. The van der Waals surface area contributed by atoms with Crippen LogP contribution in [0.3, 0.4) is 0 Å². The van der Waals surface area contributed by atoms with Gasteiger partial charge < -0.3 is 15.2 Å². The minimum atomic E-state index is -4.81. The van der Waals surface area contributed by atoms with Gasteiger partial charge in [0.25, 0.3) is 11.8 Å². The molecule has 0 bridgehead atoms. The van der Waals surface area contributed by atoms with Crippen LogP contribution in [0, 0.1) is 12.4 Å². The van der Waals surface area contributed by atoms with Crippen LogP contribution in [-0.2, 0) is 17.5 Å². The Morgan fingerprint density at radius 3 is 2.50 bits per heavy atom. The van der Waals surface area contributed by atoms with Gasteiger partial charge in [-0.05, 0) is 80.0 Å². The van der Waals surface area contributed by atoms with E-state index in [1.54, 1.807) is 30.5 Å². The molecule has 0 unspecified atom stereocenters. The lowest BCUT2D eigenvalue weighted by molar-refractivity contribution is -0.137. The fraction of sp³-hybridized carbons (Fsp3) is 0.200. The lowest BCUT2D eigenvalue weighted by Gasteiger charge is -2.43. The zero-order valence-electron chi connectivity index (χ0n) is 21.8. The van der Waals surface area contributed by atoms with Gasteiger partial charge in [-0.15, -0.1) is 0 Å². The number of carbonyl (C=O) groups is 2. The van der Waals surface area contributed by atoms with Gasteiger partial charge in [0.2, 0.25) is 0 Å². The largest absolute Gasteiger partial charge is 0.407 e. The highest BCUT2D eigenvalue weighted by Crippen LogP contribution is 2.49. The zero-order valence-corrected chi connectivity index (χ0v) is 22.6. The molecule has 1 spiro atoms. The molecule has 2 amide bonds. The van der Waals surface area contributed by atoms with Crippen molar-refractivity contribution in [3.05, 3.63) is 101 Å². The third-order valence-electron chi connectivity index (χ3n) is 7.81. The Bertz CT molecular complexity index is 1820. The van der Waals surface area contributed by atoms with E-state index < -0.39 is 34.7 Å². The minimum Gasteiger partial charge on any atom is -0.361 e.